The number of para-hydroxylation sites is 1. The van der Waals surface area contributed by atoms with Gasteiger partial charge in [0.05, 0.1) is 24.8 Å². The Morgan fingerprint density at radius 1 is 1.05 bits per heavy atom. The van der Waals surface area contributed by atoms with Crippen LogP contribution in [0.4, 0.5) is 13.2 Å². The first-order chi connectivity index (χ1) is 18.0. The van der Waals surface area contributed by atoms with Crippen molar-refractivity contribution in [3.05, 3.63) is 97.6 Å². The molecular formula is C29H26BrClF3NO3. The standard InChI is InChI=1S/C29H26BrClF3NO3/c1-17-14-21(15-18(2)25(17)31)38-13-5-7-23-22-6-4-8-24(30)26(22)35(27(23)29(32,33)34)16-19-9-11-20(12-10-19)28(36)37-3/h4,6,8-12,14-15H,5,7,13,16H2,1-3H3. The Labute approximate surface area is 232 Å². The lowest BCUT2D eigenvalue weighted by Crippen LogP contribution is -2.17. The first-order valence-electron chi connectivity index (χ1n) is 11.9. The Morgan fingerprint density at radius 3 is 2.32 bits per heavy atom. The number of methoxy groups -OCH3 is 1. The van der Waals surface area contributed by atoms with Crippen LogP contribution < -0.4 is 4.74 Å². The summed E-state index contributed by atoms with van der Waals surface area (Å²) < 4.78 is 56.1. The van der Waals surface area contributed by atoms with E-state index in [0.717, 1.165) is 11.1 Å². The predicted molar refractivity (Wildman–Crippen MR) is 146 cm³/mol. The van der Waals surface area contributed by atoms with Crippen LogP contribution in [0.3, 0.4) is 0 Å². The number of carbonyl (C=O) groups excluding carboxylic acids is 1. The highest BCUT2D eigenvalue weighted by Gasteiger charge is 2.39. The molecule has 4 nitrogen and oxygen atoms in total. The van der Waals surface area contributed by atoms with Crippen LogP contribution in [-0.2, 0) is 23.9 Å². The fraction of sp³-hybridized carbons (Fsp3) is 0.276. The Hall–Kier alpha value is -2.97. The van der Waals surface area contributed by atoms with Crippen LogP contribution in [-0.4, -0.2) is 24.3 Å². The number of aryl methyl sites for hydroxylation is 3. The zero-order chi connectivity index (χ0) is 27.6. The minimum atomic E-state index is -4.58. The van der Waals surface area contributed by atoms with Crippen LogP contribution in [0.1, 0.15) is 44.7 Å². The number of nitrogens with zero attached hydrogens (tertiary/aromatic N) is 1. The summed E-state index contributed by atoms with van der Waals surface area (Å²) in [5.74, 6) is 0.135. The zero-order valence-corrected chi connectivity index (χ0v) is 23.4. The molecule has 200 valence electrons. The maximum absolute atomic E-state index is 14.6. The Bertz CT molecular complexity index is 1460. The van der Waals surface area contributed by atoms with E-state index in [1.54, 1.807) is 42.5 Å². The summed E-state index contributed by atoms with van der Waals surface area (Å²) in [5.41, 5.74) is 2.73. The number of hydrogen-bond donors (Lipinski definition) is 0. The number of hydrogen-bond acceptors (Lipinski definition) is 3. The molecule has 0 aliphatic rings. The van der Waals surface area contributed by atoms with Crippen LogP contribution in [0.25, 0.3) is 10.9 Å². The Morgan fingerprint density at radius 2 is 1.71 bits per heavy atom. The molecule has 0 saturated carbocycles. The molecule has 0 fully saturated rings. The maximum Gasteiger partial charge on any atom is 0.431 e. The predicted octanol–water partition coefficient (Wildman–Crippen LogP) is 8.54. The van der Waals surface area contributed by atoms with Crippen LogP contribution in [0.5, 0.6) is 5.75 Å². The lowest BCUT2D eigenvalue weighted by molar-refractivity contribution is -0.143. The summed E-state index contributed by atoms with van der Waals surface area (Å²) in [7, 11) is 1.28. The summed E-state index contributed by atoms with van der Waals surface area (Å²) in [5, 5.41) is 1.21. The van der Waals surface area contributed by atoms with Gasteiger partial charge in [0.15, 0.2) is 0 Å². The van der Waals surface area contributed by atoms with Crippen molar-refractivity contribution in [1.29, 1.82) is 0 Å². The van der Waals surface area contributed by atoms with E-state index < -0.39 is 17.8 Å². The normalized spacial score (nSPS) is 11.7. The van der Waals surface area contributed by atoms with Crippen molar-refractivity contribution in [2.75, 3.05) is 13.7 Å². The van der Waals surface area contributed by atoms with Gasteiger partial charge in [-0.25, -0.2) is 4.79 Å². The fourth-order valence-electron chi connectivity index (χ4n) is 4.65. The van der Waals surface area contributed by atoms with Gasteiger partial charge in [0.1, 0.15) is 11.4 Å². The third kappa shape index (κ3) is 5.86. The van der Waals surface area contributed by atoms with Crippen molar-refractivity contribution >= 4 is 44.4 Å². The van der Waals surface area contributed by atoms with Gasteiger partial charge in [0, 0.05) is 21.4 Å². The number of ether oxygens (including phenoxy) is 2. The molecule has 0 spiro atoms. The topological polar surface area (TPSA) is 40.5 Å². The zero-order valence-electron chi connectivity index (χ0n) is 21.1. The summed E-state index contributed by atoms with van der Waals surface area (Å²) in [6, 6.07) is 15.2. The van der Waals surface area contributed by atoms with Gasteiger partial charge >= 0.3 is 12.1 Å². The molecule has 3 aromatic carbocycles. The number of carbonyl (C=O) groups is 1. The van der Waals surface area contributed by atoms with E-state index in [4.69, 9.17) is 21.1 Å². The largest absolute Gasteiger partial charge is 0.494 e. The molecule has 0 aliphatic heterocycles. The molecule has 1 aromatic heterocycles. The van der Waals surface area contributed by atoms with Crippen molar-refractivity contribution in [3.8, 4) is 5.75 Å². The third-order valence-electron chi connectivity index (χ3n) is 6.37. The van der Waals surface area contributed by atoms with Crippen molar-refractivity contribution in [2.45, 2.75) is 39.4 Å². The van der Waals surface area contributed by atoms with Gasteiger partial charge in [-0.1, -0.05) is 35.9 Å². The minimum Gasteiger partial charge on any atom is -0.494 e. The quantitative estimate of drug-likeness (QED) is 0.149. The second-order valence-corrected chi connectivity index (χ2v) is 10.3. The fourth-order valence-corrected chi connectivity index (χ4v) is 5.34. The molecule has 4 rings (SSSR count). The lowest BCUT2D eigenvalue weighted by atomic mass is 10.1. The van der Waals surface area contributed by atoms with E-state index in [0.29, 0.717) is 43.7 Å². The Kier molecular flexibility index (Phi) is 8.43. The van der Waals surface area contributed by atoms with Crippen molar-refractivity contribution in [1.82, 2.24) is 4.57 Å². The SMILES string of the molecule is COC(=O)c1ccc(Cn2c(C(F)(F)F)c(CCCOc3cc(C)c(Cl)c(C)c3)c3cccc(Br)c32)cc1. The number of benzene rings is 3. The first kappa shape index (κ1) is 28.0. The minimum absolute atomic E-state index is 0.0186. The van der Waals surface area contributed by atoms with Crippen molar-refractivity contribution in [3.63, 3.8) is 0 Å². The van der Waals surface area contributed by atoms with E-state index in [-0.39, 0.29) is 25.1 Å². The first-order valence-corrected chi connectivity index (χ1v) is 13.1. The molecule has 38 heavy (non-hydrogen) atoms. The summed E-state index contributed by atoms with van der Waals surface area (Å²) in [4.78, 5) is 11.8. The van der Waals surface area contributed by atoms with Gasteiger partial charge in [0.25, 0.3) is 0 Å². The van der Waals surface area contributed by atoms with Crippen molar-refractivity contribution < 1.29 is 27.4 Å². The van der Waals surface area contributed by atoms with E-state index in [1.165, 1.54) is 11.7 Å². The lowest BCUT2D eigenvalue weighted by Gasteiger charge is -2.16. The highest BCUT2D eigenvalue weighted by atomic mass is 79.9. The van der Waals surface area contributed by atoms with Crippen molar-refractivity contribution in [2.24, 2.45) is 0 Å². The smallest absolute Gasteiger partial charge is 0.431 e. The van der Waals surface area contributed by atoms with E-state index in [2.05, 4.69) is 15.9 Å². The average Bonchev–Trinajstić information content (AvgIpc) is 3.19. The average molecular weight is 609 g/mol. The highest BCUT2D eigenvalue weighted by molar-refractivity contribution is 9.10. The number of fused-ring (bicyclic) bond motifs is 1. The van der Waals surface area contributed by atoms with Gasteiger partial charge in [-0.3, -0.25) is 0 Å². The number of aromatic nitrogens is 1. The Balaban J connectivity index is 1.66. The molecule has 0 bridgehead atoms. The molecule has 4 aromatic rings. The molecule has 0 amide bonds. The highest BCUT2D eigenvalue weighted by Crippen LogP contribution is 2.41. The van der Waals surface area contributed by atoms with E-state index in [9.17, 15) is 18.0 Å². The summed E-state index contributed by atoms with van der Waals surface area (Å²) in [6.45, 7) is 4.00. The third-order valence-corrected chi connectivity index (χ3v) is 7.61. The maximum atomic E-state index is 14.6. The van der Waals surface area contributed by atoms with E-state index >= 15 is 0 Å². The van der Waals surface area contributed by atoms with Gasteiger partial charge in [-0.15, -0.1) is 0 Å². The molecule has 0 radical (unpaired) electrons. The number of esters is 1. The molecule has 0 saturated heterocycles. The summed E-state index contributed by atoms with van der Waals surface area (Å²) in [6.07, 6.45) is -4.00. The number of halogens is 5. The molecule has 1 heterocycles. The molecule has 0 atom stereocenters. The van der Waals surface area contributed by atoms with E-state index in [1.807, 2.05) is 26.0 Å². The monoisotopic (exact) mass is 607 g/mol. The molecule has 0 aliphatic carbocycles. The number of alkyl halides is 3. The van der Waals surface area contributed by atoms with Crippen LogP contribution in [0.15, 0.2) is 59.1 Å². The molecule has 0 unspecified atom stereocenters. The van der Waals surface area contributed by atoms with Gasteiger partial charge in [0.2, 0.25) is 0 Å². The van der Waals surface area contributed by atoms with Gasteiger partial charge in [-0.2, -0.15) is 13.2 Å². The number of rotatable bonds is 8. The van der Waals surface area contributed by atoms with Crippen LogP contribution >= 0.6 is 27.5 Å². The second kappa shape index (κ2) is 11.4. The molecular weight excluding hydrogens is 583 g/mol. The molecule has 0 N–H and O–H groups in total. The second-order valence-electron chi connectivity index (χ2n) is 9.06. The molecule has 9 heteroatoms. The summed E-state index contributed by atoms with van der Waals surface area (Å²) >= 11 is 9.68. The van der Waals surface area contributed by atoms with Crippen LogP contribution in [0.2, 0.25) is 5.02 Å². The van der Waals surface area contributed by atoms with Gasteiger partial charge in [-0.05, 0) is 95.2 Å². The van der Waals surface area contributed by atoms with Crippen LogP contribution in [0, 0.1) is 13.8 Å². The van der Waals surface area contributed by atoms with Gasteiger partial charge < -0.3 is 14.0 Å².